The highest BCUT2D eigenvalue weighted by molar-refractivity contribution is 5.80. The molecular weight excluding hydrogens is 278 g/mol. The molecule has 0 aliphatic carbocycles. The van der Waals surface area contributed by atoms with Crippen LogP contribution in [0.4, 0.5) is 0 Å². The van der Waals surface area contributed by atoms with Crippen LogP contribution in [0.25, 0.3) is 0 Å². The van der Waals surface area contributed by atoms with Crippen molar-refractivity contribution in [2.45, 2.75) is 38.3 Å². The Bertz CT molecular complexity index is 504. The molecule has 2 saturated heterocycles. The highest BCUT2D eigenvalue weighted by Crippen LogP contribution is 2.20. The summed E-state index contributed by atoms with van der Waals surface area (Å²) in [5.74, 6) is 1.90. The van der Waals surface area contributed by atoms with Crippen LogP contribution in [0.3, 0.4) is 0 Å². The zero-order chi connectivity index (χ0) is 15.4. The number of guanidine groups is 1. The van der Waals surface area contributed by atoms with E-state index in [9.17, 15) is 0 Å². The van der Waals surface area contributed by atoms with Crippen LogP contribution in [0.1, 0.15) is 31.5 Å². The van der Waals surface area contributed by atoms with Gasteiger partial charge in [0.15, 0.2) is 11.8 Å². The fraction of sp³-hybridized carbons (Fsp3) is 0.800. The Morgan fingerprint density at radius 3 is 2.82 bits per heavy atom. The van der Waals surface area contributed by atoms with Crippen LogP contribution in [0.15, 0.2) is 11.3 Å². The second-order valence-corrected chi connectivity index (χ2v) is 6.24. The third kappa shape index (κ3) is 3.40. The normalized spacial score (nSPS) is 24.0. The molecule has 0 spiro atoms. The molecule has 3 rings (SSSR count). The van der Waals surface area contributed by atoms with E-state index in [0.717, 1.165) is 24.9 Å². The van der Waals surface area contributed by atoms with E-state index in [0.29, 0.717) is 12.6 Å². The number of hydrogen-bond donors (Lipinski definition) is 1. The highest BCUT2D eigenvalue weighted by Gasteiger charge is 2.29. The van der Waals surface area contributed by atoms with Gasteiger partial charge in [0.2, 0.25) is 0 Å². The van der Waals surface area contributed by atoms with E-state index < -0.39 is 0 Å². The van der Waals surface area contributed by atoms with Gasteiger partial charge in [-0.2, -0.15) is 0 Å². The average Bonchev–Trinajstić information content (AvgIpc) is 3.19. The number of nitrogens with zero attached hydrogens (tertiary/aromatic N) is 6. The van der Waals surface area contributed by atoms with Crippen molar-refractivity contribution in [3.8, 4) is 0 Å². The van der Waals surface area contributed by atoms with Crippen LogP contribution in [0, 0.1) is 0 Å². The Morgan fingerprint density at radius 1 is 1.32 bits per heavy atom. The maximum Gasteiger partial charge on any atom is 0.194 e. The molecule has 22 heavy (non-hydrogen) atoms. The summed E-state index contributed by atoms with van der Waals surface area (Å²) in [6, 6.07) is 0.689. The summed E-state index contributed by atoms with van der Waals surface area (Å²) >= 11 is 0. The minimum atomic E-state index is 0.661. The zero-order valence-corrected chi connectivity index (χ0v) is 13.7. The molecule has 2 fully saturated rings. The number of aryl methyl sites for hydroxylation is 1. The number of aliphatic imine (C=N–C) groups is 1. The quantitative estimate of drug-likeness (QED) is 0.649. The predicted molar refractivity (Wildman–Crippen MR) is 86.6 cm³/mol. The van der Waals surface area contributed by atoms with E-state index in [1.165, 1.54) is 38.8 Å². The molecule has 1 unspecified atom stereocenters. The van der Waals surface area contributed by atoms with Crippen LogP contribution >= 0.6 is 0 Å². The molecule has 3 heterocycles. The number of aromatic nitrogens is 3. The number of likely N-dealkylation sites (tertiary alicyclic amines) is 2. The minimum absolute atomic E-state index is 0.661. The van der Waals surface area contributed by atoms with Gasteiger partial charge in [0.1, 0.15) is 6.33 Å². The maximum atomic E-state index is 4.43. The van der Waals surface area contributed by atoms with E-state index >= 15 is 0 Å². The second-order valence-electron chi connectivity index (χ2n) is 6.24. The van der Waals surface area contributed by atoms with Crippen molar-refractivity contribution in [3.05, 3.63) is 12.2 Å². The van der Waals surface area contributed by atoms with Gasteiger partial charge in [0.05, 0.1) is 6.54 Å². The SMILES string of the molecule is CN=C(NCc1nncn1C)N1CCC(N2CCCCC2)C1. The van der Waals surface area contributed by atoms with Crippen molar-refractivity contribution in [2.75, 3.05) is 33.2 Å². The Balaban J connectivity index is 1.52. The Hall–Kier alpha value is -1.63. The van der Waals surface area contributed by atoms with E-state index in [1.54, 1.807) is 6.33 Å². The molecule has 1 aromatic heterocycles. The highest BCUT2D eigenvalue weighted by atomic mass is 15.4. The molecule has 7 nitrogen and oxygen atoms in total. The molecule has 2 aliphatic rings. The molecule has 0 radical (unpaired) electrons. The van der Waals surface area contributed by atoms with Gasteiger partial charge in [0, 0.05) is 33.2 Å². The lowest BCUT2D eigenvalue weighted by molar-refractivity contribution is 0.168. The lowest BCUT2D eigenvalue weighted by Crippen LogP contribution is -2.44. The van der Waals surface area contributed by atoms with Crippen molar-refractivity contribution in [2.24, 2.45) is 12.0 Å². The molecular formula is C15H27N7. The van der Waals surface area contributed by atoms with Gasteiger partial charge in [-0.05, 0) is 32.4 Å². The second kappa shape index (κ2) is 7.09. The molecule has 1 N–H and O–H groups in total. The van der Waals surface area contributed by atoms with Crippen molar-refractivity contribution in [1.29, 1.82) is 0 Å². The largest absolute Gasteiger partial charge is 0.349 e. The average molecular weight is 305 g/mol. The van der Waals surface area contributed by atoms with Crippen LogP contribution in [-0.4, -0.2) is 69.8 Å². The van der Waals surface area contributed by atoms with Crippen molar-refractivity contribution in [1.82, 2.24) is 29.9 Å². The summed E-state index contributed by atoms with van der Waals surface area (Å²) in [5, 5.41) is 11.4. The summed E-state index contributed by atoms with van der Waals surface area (Å²) in [6.07, 6.45) is 7.08. The van der Waals surface area contributed by atoms with Crippen LogP contribution < -0.4 is 5.32 Å². The Morgan fingerprint density at radius 2 is 2.14 bits per heavy atom. The van der Waals surface area contributed by atoms with Gasteiger partial charge in [-0.3, -0.25) is 9.89 Å². The van der Waals surface area contributed by atoms with Gasteiger partial charge in [0.25, 0.3) is 0 Å². The van der Waals surface area contributed by atoms with Crippen LogP contribution in [-0.2, 0) is 13.6 Å². The van der Waals surface area contributed by atoms with Gasteiger partial charge >= 0.3 is 0 Å². The Labute approximate surface area is 132 Å². The van der Waals surface area contributed by atoms with Gasteiger partial charge < -0.3 is 14.8 Å². The predicted octanol–water partition coefficient (Wildman–Crippen LogP) is 0.451. The third-order valence-corrected chi connectivity index (χ3v) is 4.79. The summed E-state index contributed by atoms with van der Waals surface area (Å²) < 4.78 is 1.93. The molecule has 7 heteroatoms. The zero-order valence-electron chi connectivity index (χ0n) is 13.7. The number of rotatable bonds is 3. The standard InChI is InChI=1S/C15H27N7/c1-16-15(17-10-14-19-18-12-20(14)2)22-9-6-13(11-22)21-7-4-3-5-8-21/h12-13H,3-11H2,1-2H3,(H,16,17). The van der Waals surface area contributed by atoms with Crippen LogP contribution in [0.2, 0.25) is 0 Å². The van der Waals surface area contributed by atoms with Gasteiger partial charge in [-0.1, -0.05) is 6.42 Å². The first-order chi connectivity index (χ1) is 10.8. The number of hydrogen-bond acceptors (Lipinski definition) is 4. The summed E-state index contributed by atoms with van der Waals surface area (Å²) in [4.78, 5) is 9.47. The lowest BCUT2D eigenvalue weighted by Gasteiger charge is -2.32. The summed E-state index contributed by atoms with van der Waals surface area (Å²) in [5.41, 5.74) is 0. The maximum absolute atomic E-state index is 4.43. The molecule has 1 aromatic rings. The van der Waals surface area contributed by atoms with Crippen LogP contribution in [0.5, 0.6) is 0 Å². The topological polar surface area (TPSA) is 61.6 Å². The Kier molecular flexibility index (Phi) is 4.92. The molecule has 0 saturated carbocycles. The molecule has 0 aromatic carbocycles. The first kappa shape index (κ1) is 15.3. The van der Waals surface area contributed by atoms with E-state index in [2.05, 4.69) is 30.3 Å². The lowest BCUT2D eigenvalue weighted by atomic mass is 10.1. The van der Waals surface area contributed by atoms with Crippen molar-refractivity contribution in [3.63, 3.8) is 0 Å². The van der Waals surface area contributed by atoms with Gasteiger partial charge in [-0.25, -0.2) is 0 Å². The molecule has 122 valence electrons. The fourth-order valence-corrected chi connectivity index (χ4v) is 3.47. The minimum Gasteiger partial charge on any atom is -0.349 e. The van der Waals surface area contributed by atoms with E-state index in [1.807, 2.05) is 18.7 Å². The summed E-state index contributed by atoms with van der Waals surface area (Å²) in [7, 11) is 3.81. The van der Waals surface area contributed by atoms with Crippen molar-refractivity contribution < 1.29 is 0 Å². The first-order valence-corrected chi connectivity index (χ1v) is 8.30. The van der Waals surface area contributed by atoms with E-state index in [4.69, 9.17) is 0 Å². The smallest absolute Gasteiger partial charge is 0.194 e. The number of nitrogens with one attached hydrogen (secondary N) is 1. The number of piperidine rings is 1. The molecule has 0 amide bonds. The van der Waals surface area contributed by atoms with Gasteiger partial charge in [-0.15, -0.1) is 10.2 Å². The monoisotopic (exact) mass is 305 g/mol. The third-order valence-electron chi connectivity index (χ3n) is 4.79. The first-order valence-electron chi connectivity index (χ1n) is 8.30. The molecule has 2 aliphatic heterocycles. The fourth-order valence-electron chi connectivity index (χ4n) is 3.47. The van der Waals surface area contributed by atoms with Crippen molar-refractivity contribution >= 4 is 5.96 Å². The summed E-state index contributed by atoms with van der Waals surface area (Å²) in [6.45, 7) is 5.36. The van der Waals surface area contributed by atoms with E-state index in [-0.39, 0.29) is 0 Å². The molecule has 0 bridgehead atoms. The molecule has 1 atom stereocenters.